The molecule has 84 heavy (non-hydrogen) atoms. The first-order chi connectivity index (χ1) is 40.3. The topological polar surface area (TPSA) is 13.0 Å². The number of hydrogen-bond acceptors (Lipinski definition) is 5. The van der Waals surface area contributed by atoms with Crippen molar-refractivity contribution in [2.75, 3.05) is 19.4 Å². The number of rotatable bonds is 3. The largest absolute Gasteiger partial charge is 0.421 e. The zero-order valence-electron chi connectivity index (χ0n) is 50.3. The maximum Gasteiger partial charge on any atom is 0.421 e. The van der Waals surface area contributed by atoms with Gasteiger partial charge in [0.1, 0.15) is 0 Å². The van der Waals surface area contributed by atoms with Gasteiger partial charge in [0.05, 0.1) is 11.4 Å². The van der Waals surface area contributed by atoms with E-state index >= 15 is 0 Å². The highest BCUT2D eigenvalue weighted by molar-refractivity contribution is 7.27. The van der Waals surface area contributed by atoms with Crippen molar-refractivity contribution in [1.29, 1.82) is 0 Å². The molecule has 0 atom stereocenters. The number of benzene rings is 11. The highest BCUT2D eigenvalue weighted by Crippen LogP contribution is 2.56. The minimum absolute atomic E-state index is 0.0157. The molecule has 0 saturated carbocycles. The fourth-order valence-electron chi connectivity index (χ4n) is 15.0. The van der Waals surface area contributed by atoms with E-state index in [0.29, 0.717) is 0 Å². The molecular formula is C77H68B2N4S. The zero-order chi connectivity index (χ0) is 57.6. The van der Waals surface area contributed by atoms with E-state index in [-0.39, 0.29) is 29.9 Å². The number of fused-ring (bicyclic) bond motifs is 20. The van der Waals surface area contributed by atoms with Crippen LogP contribution in [0, 0.1) is 20.8 Å². The van der Waals surface area contributed by atoms with E-state index in [1.807, 2.05) is 11.3 Å². The summed E-state index contributed by atoms with van der Waals surface area (Å²) in [5, 5.41) is 7.91. The lowest BCUT2D eigenvalue weighted by molar-refractivity contribution is 0.590. The predicted molar refractivity (Wildman–Crippen MR) is 367 cm³/mol. The Kier molecular flexibility index (Phi) is 10.8. The molecule has 0 aliphatic carbocycles. The van der Waals surface area contributed by atoms with Crippen LogP contribution < -0.4 is 41.3 Å². The van der Waals surface area contributed by atoms with Crippen LogP contribution in [0.2, 0.25) is 0 Å². The Morgan fingerprint density at radius 3 is 1.70 bits per heavy atom. The molecule has 0 N–H and O–H groups in total. The Labute approximate surface area is 499 Å². The van der Waals surface area contributed by atoms with Crippen LogP contribution in [0.15, 0.2) is 194 Å². The molecule has 0 unspecified atom stereocenters. The van der Waals surface area contributed by atoms with Gasteiger partial charge in [0.15, 0.2) is 0 Å². The first-order valence-corrected chi connectivity index (χ1v) is 31.0. The summed E-state index contributed by atoms with van der Waals surface area (Å²) in [7, 11) is 0. The van der Waals surface area contributed by atoms with Crippen LogP contribution in [0.25, 0.3) is 52.8 Å². The van der Waals surface area contributed by atoms with Crippen LogP contribution in [0.1, 0.15) is 95.7 Å². The first-order valence-electron chi connectivity index (χ1n) is 30.1. The minimum Gasteiger partial charge on any atom is -0.360 e. The van der Waals surface area contributed by atoms with Crippen molar-refractivity contribution in [3.63, 3.8) is 0 Å². The summed E-state index contributed by atoms with van der Waals surface area (Å²) in [6.07, 6.45) is 0. The van der Waals surface area contributed by atoms with Gasteiger partial charge in [0.2, 0.25) is 0 Å². The predicted octanol–water partition coefficient (Wildman–Crippen LogP) is 18.9. The van der Waals surface area contributed by atoms with Gasteiger partial charge in [-0.1, -0.05) is 183 Å². The molecule has 0 amide bonds. The average Bonchev–Trinajstić information content (AvgIpc) is 1.41. The lowest BCUT2D eigenvalue weighted by Gasteiger charge is -2.45. The van der Waals surface area contributed by atoms with Gasteiger partial charge in [0.25, 0.3) is 6.71 Å². The van der Waals surface area contributed by atoms with E-state index in [1.54, 1.807) is 0 Å². The second-order valence-corrected chi connectivity index (χ2v) is 28.6. The van der Waals surface area contributed by atoms with Crippen molar-refractivity contribution in [2.45, 2.75) is 99.3 Å². The number of para-hydroxylation sites is 2. The monoisotopic (exact) mass is 1100 g/mol. The Morgan fingerprint density at radius 1 is 0.357 bits per heavy atom. The van der Waals surface area contributed by atoms with E-state index in [9.17, 15) is 0 Å². The highest BCUT2D eigenvalue weighted by Gasteiger charge is 2.52. The third kappa shape index (κ3) is 7.33. The second-order valence-electron chi connectivity index (χ2n) is 27.5. The summed E-state index contributed by atoms with van der Waals surface area (Å²) in [6.45, 7) is 27.8. The molecule has 11 aromatic carbocycles. The van der Waals surface area contributed by atoms with Gasteiger partial charge >= 0.3 is 6.98 Å². The molecule has 0 fully saturated rings. The number of anilines is 10. The molecular weight excluding hydrogens is 1030 g/mol. The molecule has 4 aliphatic heterocycles. The molecule has 4 nitrogen and oxygen atoms in total. The molecule has 0 radical (unpaired) electrons. The van der Waals surface area contributed by atoms with Gasteiger partial charge in [-0.15, -0.1) is 11.3 Å². The number of nitrogens with zero attached hydrogens (tertiary/aromatic N) is 4. The highest BCUT2D eigenvalue weighted by atomic mass is 32.1. The van der Waals surface area contributed by atoms with Gasteiger partial charge in [-0.3, -0.25) is 0 Å². The molecule has 7 heteroatoms. The van der Waals surface area contributed by atoms with Gasteiger partial charge in [-0.05, 0) is 187 Å². The molecule has 0 saturated heterocycles. The zero-order valence-corrected chi connectivity index (χ0v) is 51.1. The maximum absolute atomic E-state index is 2.68. The van der Waals surface area contributed by atoms with Gasteiger partial charge < -0.3 is 19.4 Å². The van der Waals surface area contributed by atoms with Crippen molar-refractivity contribution in [1.82, 2.24) is 0 Å². The summed E-state index contributed by atoms with van der Waals surface area (Å²) >= 11 is 1.93. The lowest BCUT2D eigenvalue weighted by Crippen LogP contribution is -2.61. The maximum atomic E-state index is 2.68. The number of hydrogen-bond donors (Lipinski definition) is 0. The normalized spacial score (nSPS) is 14.3. The van der Waals surface area contributed by atoms with Crippen LogP contribution in [0.4, 0.5) is 56.9 Å². The van der Waals surface area contributed by atoms with Crippen molar-refractivity contribution >= 4 is 145 Å². The van der Waals surface area contributed by atoms with Crippen LogP contribution >= 0.6 is 11.3 Å². The Hall–Kier alpha value is -8.51. The lowest BCUT2D eigenvalue weighted by atomic mass is 9.33. The van der Waals surface area contributed by atoms with Crippen molar-refractivity contribution in [3.8, 4) is 11.1 Å². The molecule has 5 heterocycles. The van der Waals surface area contributed by atoms with Crippen LogP contribution in [0.3, 0.4) is 0 Å². The quantitative estimate of drug-likeness (QED) is 0.129. The first kappa shape index (κ1) is 51.2. The Morgan fingerprint density at radius 2 is 0.976 bits per heavy atom. The van der Waals surface area contributed by atoms with Crippen LogP contribution in [-0.2, 0) is 16.2 Å². The molecule has 16 rings (SSSR count). The molecule has 408 valence electrons. The van der Waals surface area contributed by atoms with Crippen molar-refractivity contribution in [3.05, 3.63) is 228 Å². The van der Waals surface area contributed by atoms with E-state index < -0.39 is 0 Å². The molecule has 4 aliphatic rings. The smallest absolute Gasteiger partial charge is 0.360 e. The van der Waals surface area contributed by atoms with E-state index in [2.05, 4.69) is 297 Å². The summed E-state index contributed by atoms with van der Waals surface area (Å²) in [6, 6.07) is 75.6. The molecule has 1 aromatic heterocycles. The average molecular weight is 1100 g/mol. The van der Waals surface area contributed by atoms with Gasteiger partial charge in [-0.25, -0.2) is 0 Å². The molecule has 0 bridgehead atoms. The number of aryl methyl sites for hydroxylation is 3. The summed E-state index contributed by atoms with van der Waals surface area (Å²) in [5.41, 5.74) is 27.7. The van der Waals surface area contributed by atoms with E-state index in [0.717, 1.165) is 5.69 Å². The van der Waals surface area contributed by atoms with Gasteiger partial charge in [-0.2, -0.15) is 0 Å². The van der Waals surface area contributed by atoms with Crippen molar-refractivity contribution in [2.24, 2.45) is 0 Å². The molecule has 0 spiro atoms. The Bertz CT molecular complexity index is 4810. The van der Waals surface area contributed by atoms with Crippen LogP contribution in [-0.4, -0.2) is 13.7 Å². The van der Waals surface area contributed by atoms with Gasteiger partial charge in [0, 0.05) is 76.6 Å². The van der Waals surface area contributed by atoms with Crippen LogP contribution in [0.5, 0.6) is 0 Å². The number of thiophene rings is 1. The SMILES string of the molecule is Cc1cc2c3c(c1)N(c1cc(C)c4c(c1)c1ccccc1c1c5ccccc5sc41)c1cc4c(cc1B3c1ccc(C(C)(C)C)cc1N2c1ccc(C(C)(C)C)cc1)N(c1ccccc1)B1c2c(C)cc(C(C)(C)C)cc2-c2ccccc2N14. The fraction of sp³-hybridized carbons (Fsp3) is 0.195. The second kappa shape index (κ2) is 17.8. The Balaban J connectivity index is 1.03. The van der Waals surface area contributed by atoms with Crippen molar-refractivity contribution < 1.29 is 0 Å². The van der Waals surface area contributed by atoms with E-state index in [4.69, 9.17) is 0 Å². The third-order valence-electron chi connectivity index (χ3n) is 19.1. The van der Waals surface area contributed by atoms with E-state index in [1.165, 1.54) is 159 Å². The standard InChI is InChI=1S/C77H68B2N4S/c1-45-36-67-73-68(37-45)81(53-39-46(2)70-58(42-53)54-24-16-17-26-56(54)71-57-27-19-21-29-69(57)84-74(70)71)64-44-66-65(43-61(64)78(73)60-35-32-49(76(7,8)9)41-63(60)80(67)51-33-30-48(31-34-51)75(4,5)6)82(52-22-14-13-15-23-52)79-72-47(3)38-50(77(10,11)12)40-59(72)55-25-18-20-28-62(55)83(66)79/h13-44H,1-12H3. The fourth-order valence-corrected chi connectivity index (χ4v) is 16.3. The summed E-state index contributed by atoms with van der Waals surface area (Å²) in [4.78, 5) is 10.6. The molecule has 12 aromatic rings. The summed E-state index contributed by atoms with van der Waals surface area (Å²) < 4.78 is 2.69. The summed E-state index contributed by atoms with van der Waals surface area (Å²) in [5.74, 6) is 0. The third-order valence-corrected chi connectivity index (χ3v) is 20.3. The minimum atomic E-state index is -0.142.